The number of nitrogens with two attached hydrogens (primary N) is 1. The number of aliphatic hydroxyl groups excluding tert-OH is 1. The fourth-order valence-electron chi connectivity index (χ4n) is 4.95. The number of carbonyl (C=O) groups excluding carboxylic acids is 1. The van der Waals surface area contributed by atoms with Crippen LogP contribution in [0.2, 0.25) is 0 Å². The minimum absolute atomic E-state index is 0.0218. The summed E-state index contributed by atoms with van der Waals surface area (Å²) in [5, 5.41) is 11.0. The average molecular weight is 459 g/mol. The van der Waals surface area contributed by atoms with Crippen LogP contribution in [0.1, 0.15) is 32.5 Å². The smallest absolute Gasteiger partial charge is 0.225 e. The summed E-state index contributed by atoms with van der Waals surface area (Å²) in [6.07, 6.45) is 5.43. The first-order valence-electron chi connectivity index (χ1n) is 11.8. The molecule has 1 aliphatic rings. The molecule has 0 radical (unpaired) electrons. The van der Waals surface area contributed by atoms with Gasteiger partial charge in [-0.1, -0.05) is 32.0 Å². The van der Waals surface area contributed by atoms with Crippen molar-refractivity contribution in [1.29, 1.82) is 0 Å². The van der Waals surface area contributed by atoms with E-state index < -0.39 is 0 Å². The van der Waals surface area contributed by atoms with Crippen LogP contribution in [0.3, 0.4) is 0 Å². The number of pyridine rings is 2. The summed E-state index contributed by atoms with van der Waals surface area (Å²) in [5.41, 5.74) is 10.7. The second kappa shape index (κ2) is 9.02. The maximum Gasteiger partial charge on any atom is 0.225 e. The van der Waals surface area contributed by atoms with Crippen LogP contribution in [0.15, 0.2) is 42.7 Å². The van der Waals surface area contributed by atoms with Gasteiger partial charge in [-0.2, -0.15) is 0 Å². The topological polar surface area (TPSA) is 110 Å². The number of fused-ring (bicyclic) bond motifs is 3. The molecule has 3 N–H and O–H groups in total. The predicted octanol–water partition coefficient (Wildman–Crippen LogP) is 3.62. The van der Waals surface area contributed by atoms with E-state index in [1.54, 1.807) is 6.20 Å². The fourth-order valence-corrected chi connectivity index (χ4v) is 4.95. The number of piperidine rings is 1. The third-order valence-corrected chi connectivity index (χ3v) is 6.78. The number of benzene rings is 1. The molecular weight excluding hydrogens is 428 g/mol. The van der Waals surface area contributed by atoms with Gasteiger partial charge in [-0.25, -0.2) is 9.97 Å². The zero-order valence-electron chi connectivity index (χ0n) is 19.6. The molecule has 1 aliphatic heterocycles. The van der Waals surface area contributed by atoms with Gasteiger partial charge in [0.1, 0.15) is 17.9 Å². The van der Waals surface area contributed by atoms with E-state index in [-0.39, 0.29) is 18.4 Å². The van der Waals surface area contributed by atoms with Crippen LogP contribution in [-0.4, -0.2) is 48.5 Å². The van der Waals surface area contributed by atoms with Gasteiger partial charge in [0.2, 0.25) is 5.91 Å². The molecular formula is C26H30N6O2. The third kappa shape index (κ3) is 3.98. The minimum Gasteiger partial charge on any atom is -0.388 e. The molecule has 34 heavy (non-hydrogen) atoms. The van der Waals surface area contributed by atoms with Crippen LogP contribution in [0.25, 0.3) is 33.1 Å². The van der Waals surface area contributed by atoms with E-state index >= 15 is 0 Å². The summed E-state index contributed by atoms with van der Waals surface area (Å²) < 4.78 is 2.10. The molecule has 1 saturated heterocycles. The number of amides is 1. The Bertz CT molecular complexity index is 1340. The zero-order valence-corrected chi connectivity index (χ0v) is 19.6. The van der Waals surface area contributed by atoms with E-state index in [1.807, 2.05) is 43.1 Å². The number of carbonyl (C=O) groups is 1. The maximum absolute atomic E-state index is 12.4. The lowest BCUT2D eigenvalue weighted by atomic mass is 9.95. The molecule has 5 rings (SSSR count). The molecule has 0 saturated carbocycles. The van der Waals surface area contributed by atoms with Gasteiger partial charge in [-0.3, -0.25) is 9.78 Å². The van der Waals surface area contributed by atoms with Gasteiger partial charge in [-0.05, 0) is 36.5 Å². The molecule has 4 heterocycles. The van der Waals surface area contributed by atoms with Crippen molar-refractivity contribution in [2.75, 3.05) is 18.8 Å². The Morgan fingerprint density at radius 1 is 1.18 bits per heavy atom. The second-order valence-corrected chi connectivity index (χ2v) is 9.39. The van der Waals surface area contributed by atoms with Gasteiger partial charge in [0.25, 0.3) is 0 Å². The molecule has 1 amide bonds. The Morgan fingerprint density at radius 2 is 1.97 bits per heavy atom. The third-order valence-electron chi connectivity index (χ3n) is 6.78. The first-order valence-corrected chi connectivity index (χ1v) is 11.8. The Kier molecular flexibility index (Phi) is 5.91. The van der Waals surface area contributed by atoms with E-state index in [1.165, 1.54) is 0 Å². The van der Waals surface area contributed by atoms with Crippen molar-refractivity contribution in [2.45, 2.75) is 39.8 Å². The van der Waals surface area contributed by atoms with Gasteiger partial charge in [0.05, 0.1) is 11.0 Å². The maximum atomic E-state index is 12.4. The van der Waals surface area contributed by atoms with Crippen LogP contribution in [0.5, 0.6) is 0 Å². The number of aliphatic hydroxyl groups is 1. The van der Waals surface area contributed by atoms with E-state index in [0.29, 0.717) is 23.1 Å². The van der Waals surface area contributed by atoms with Crippen molar-refractivity contribution < 1.29 is 9.90 Å². The largest absolute Gasteiger partial charge is 0.388 e. The standard InChI is InChI=1S/C26H30N6O2/c1-16(2)26(34)31-10-7-17(8-11-31)14-32-22(15-33)30-23-24(32)20-6-5-18(12-21(20)29-25(23)27)19-4-3-9-28-13-19/h3-6,9,12-13,16-17,33H,7-8,10-11,14-15H2,1-2H3,(H2,27,29). The minimum atomic E-state index is -0.173. The number of hydrogen-bond donors (Lipinski definition) is 2. The van der Waals surface area contributed by atoms with Crippen LogP contribution in [-0.2, 0) is 17.9 Å². The highest BCUT2D eigenvalue weighted by Gasteiger charge is 2.26. The van der Waals surface area contributed by atoms with Crippen LogP contribution in [0.4, 0.5) is 5.82 Å². The van der Waals surface area contributed by atoms with Crippen molar-refractivity contribution in [1.82, 2.24) is 24.4 Å². The van der Waals surface area contributed by atoms with E-state index in [4.69, 9.17) is 5.73 Å². The number of imidazole rings is 1. The Balaban J connectivity index is 1.52. The van der Waals surface area contributed by atoms with Gasteiger partial charge in [-0.15, -0.1) is 0 Å². The van der Waals surface area contributed by atoms with Crippen LogP contribution in [0, 0.1) is 11.8 Å². The lowest BCUT2D eigenvalue weighted by Gasteiger charge is -2.33. The molecule has 8 heteroatoms. The molecule has 0 bridgehead atoms. The molecule has 0 unspecified atom stereocenters. The fraction of sp³-hybridized carbons (Fsp3) is 0.385. The van der Waals surface area contributed by atoms with Crippen molar-refractivity contribution in [3.05, 3.63) is 48.5 Å². The monoisotopic (exact) mass is 458 g/mol. The van der Waals surface area contributed by atoms with E-state index in [0.717, 1.165) is 60.0 Å². The summed E-state index contributed by atoms with van der Waals surface area (Å²) in [5.74, 6) is 1.58. The van der Waals surface area contributed by atoms with E-state index in [2.05, 4.69) is 31.7 Å². The number of nitrogen functional groups attached to an aromatic ring is 1. The van der Waals surface area contributed by atoms with Gasteiger partial charge in [0.15, 0.2) is 5.82 Å². The van der Waals surface area contributed by atoms with Crippen molar-refractivity contribution in [3.8, 4) is 11.1 Å². The first kappa shape index (κ1) is 22.3. The summed E-state index contributed by atoms with van der Waals surface area (Å²) in [4.78, 5) is 27.8. The highest BCUT2D eigenvalue weighted by Crippen LogP contribution is 2.33. The Hall–Kier alpha value is -3.52. The predicted molar refractivity (Wildman–Crippen MR) is 133 cm³/mol. The number of anilines is 1. The molecule has 0 spiro atoms. The molecule has 1 fully saturated rings. The number of hydrogen-bond acceptors (Lipinski definition) is 6. The molecule has 3 aromatic heterocycles. The van der Waals surface area contributed by atoms with Crippen molar-refractivity contribution in [2.24, 2.45) is 11.8 Å². The lowest BCUT2D eigenvalue weighted by Crippen LogP contribution is -2.41. The average Bonchev–Trinajstić information content (AvgIpc) is 3.23. The molecule has 0 atom stereocenters. The first-order chi connectivity index (χ1) is 16.5. The Labute approximate surface area is 198 Å². The number of rotatable bonds is 5. The summed E-state index contributed by atoms with van der Waals surface area (Å²) in [6, 6.07) is 10.1. The molecule has 8 nitrogen and oxygen atoms in total. The number of likely N-dealkylation sites (tertiary alicyclic amines) is 1. The molecule has 4 aromatic rings. The lowest BCUT2D eigenvalue weighted by molar-refractivity contribution is -0.135. The highest BCUT2D eigenvalue weighted by molar-refractivity contribution is 6.07. The van der Waals surface area contributed by atoms with Gasteiger partial charge in [0, 0.05) is 48.9 Å². The molecule has 0 aliphatic carbocycles. The number of nitrogens with zero attached hydrogens (tertiary/aromatic N) is 5. The number of aromatic nitrogens is 4. The van der Waals surface area contributed by atoms with Crippen molar-refractivity contribution >= 4 is 33.7 Å². The Morgan fingerprint density at radius 3 is 2.65 bits per heavy atom. The summed E-state index contributed by atoms with van der Waals surface area (Å²) in [6.45, 7) is 5.97. The summed E-state index contributed by atoms with van der Waals surface area (Å²) in [7, 11) is 0. The zero-order chi connectivity index (χ0) is 23.8. The molecule has 1 aromatic carbocycles. The summed E-state index contributed by atoms with van der Waals surface area (Å²) >= 11 is 0. The second-order valence-electron chi connectivity index (χ2n) is 9.39. The van der Waals surface area contributed by atoms with Crippen LogP contribution < -0.4 is 5.73 Å². The van der Waals surface area contributed by atoms with Crippen molar-refractivity contribution in [3.63, 3.8) is 0 Å². The van der Waals surface area contributed by atoms with Gasteiger partial charge >= 0.3 is 0 Å². The highest BCUT2D eigenvalue weighted by atomic mass is 16.3. The normalized spacial score (nSPS) is 15.0. The quantitative estimate of drug-likeness (QED) is 0.473. The van der Waals surface area contributed by atoms with Gasteiger partial charge < -0.3 is 20.3 Å². The molecule has 176 valence electrons. The van der Waals surface area contributed by atoms with Crippen LogP contribution >= 0.6 is 0 Å². The van der Waals surface area contributed by atoms with E-state index in [9.17, 15) is 9.90 Å². The SMILES string of the molecule is CC(C)C(=O)N1CCC(Cn2c(CO)nc3c(N)nc4cc(-c5cccnc5)ccc4c32)CC1.